The van der Waals surface area contributed by atoms with Crippen molar-refractivity contribution in [3.8, 4) is 0 Å². The Labute approximate surface area is 102 Å². The summed E-state index contributed by atoms with van der Waals surface area (Å²) in [5, 5.41) is 0. The highest BCUT2D eigenvalue weighted by molar-refractivity contribution is 7.89. The fraction of sp³-hybridized carbons (Fsp3) is 0.545. The number of hydrogen-bond acceptors (Lipinski definition) is 4. The molecule has 1 saturated heterocycles. The molecular formula is C11H17N3O2S. The molecule has 0 aromatic carbocycles. The van der Waals surface area contributed by atoms with Crippen LogP contribution in [0.1, 0.15) is 25.7 Å². The lowest BCUT2D eigenvalue weighted by Crippen LogP contribution is -2.45. The van der Waals surface area contributed by atoms with Gasteiger partial charge in [-0.2, -0.15) is 4.31 Å². The van der Waals surface area contributed by atoms with E-state index in [0.717, 1.165) is 25.7 Å². The zero-order valence-corrected chi connectivity index (χ0v) is 10.4. The molecule has 6 heteroatoms. The van der Waals surface area contributed by atoms with Crippen molar-refractivity contribution in [1.82, 2.24) is 9.29 Å². The molecule has 0 bridgehead atoms. The first-order chi connectivity index (χ1) is 8.12. The van der Waals surface area contributed by atoms with Gasteiger partial charge in [-0.05, 0) is 25.0 Å². The van der Waals surface area contributed by atoms with Gasteiger partial charge in [0, 0.05) is 18.9 Å². The predicted molar refractivity (Wildman–Crippen MR) is 64.6 cm³/mol. The predicted octanol–water partition coefficient (Wildman–Crippen LogP) is 0.931. The third-order valence-corrected chi connectivity index (χ3v) is 4.90. The molecule has 0 amide bonds. The second-order valence-corrected chi connectivity index (χ2v) is 6.11. The second kappa shape index (κ2) is 5.12. The molecule has 1 unspecified atom stereocenters. The number of aromatic nitrogens is 1. The van der Waals surface area contributed by atoms with Crippen LogP contribution in [0.15, 0.2) is 29.4 Å². The van der Waals surface area contributed by atoms with Crippen molar-refractivity contribution < 1.29 is 8.42 Å². The Hall–Kier alpha value is -0.980. The lowest BCUT2D eigenvalue weighted by Gasteiger charge is -2.25. The van der Waals surface area contributed by atoms with Crippen molar-refractivity contribution in [2.45, 2.75) is 36.7 Å². The van der Waals surface area contributed by atoms with Crippen LogP contribution in [0.4, 0.5) is 0 Å². The first kappa shape index (κ1) is 12.5. The minimum Gasteiger partial charge on any atom is -0.315 e. The lowest BCUT2D eigenvalue weighted by molar-refractivity contribution is 0.329. The summed E-state index contributed by atoms with van der Waals surface area (Å²) < 4.78 is 26.1. The largest absolute Gasteiger partial charge is 0.315 e. The molecule has 1 aromatic rings. The number of pyridine rings is 1. The van der Waals surface area contributed by atoms with E-state index in [4.69, 9.17) is 5.73 Å². The van der Waals surface area contributed by atoms with Crippen molar-refractivity contribution in [2.24, 2.45) is 5.73 Å². The fourth-order valence-corrected chi connectivity index (χ4v) is 3.59. The second-order valence-electron chi connectivity index (χ2n) is 4.22. The van der Waals surface area contributed by atoms with E-state index in [1.807, 2.05) is 0 Å². The van der Waals surface area contributed by atoms with Gasteiger partial charge in [0.1, 0.15) is 4.90 Å². The summed E-state index contributed by atoms with van der Waals surface area (Å²) >= 11 is 0. The van der Waals surface area contributed by atoms with Crippen LogP contribution in [0.2, 0.25) is 0 Å². The van der Waals surface area contributed by atoms with Gasteiger partial charge in [0.2, 0.25) is 10.0 Å². The zero-order chi connectivity index (χ0) is 12.3. The monoisotopic (exact) mass is 255 g/mol. The zero-order valence-electron chi connectivity index (χ0n) is 9.62. The van der Waals surface area contributed by atoms with Gasteiger partial charge in [-0.3, -0.25) is 4.98 Å². The van der Waals surface area contributed by atoms with E-state index in [0.29, 0.717) is 6.54 Å². The minimum atomic E-state index is -3.49. The van der Waals surface area contributed by atoms with Gasteiger partial charge in [0.05, 0.1) is 6.17 Å². The van der Waals surface area contributed by atoms with Crippen molar-refractivity contribution >= 4 is 10.0 Å². The Morgan fingerprint density at radius 1 is 1.35 bits per heavy atom. The van der Waals surface area contributed by atoms with E-state index in [9.17, 15) is 8.42 Å². The number of rotatable bonds is 2. The van der Waals surface area contributed by atoms with Gasteiger partial charge in [-0.1, -0.05) is 12.8 Å². The summed E-state index contributed by atoms with van der Waals surface area (Å²) in [5.41, 5.74) is 5.93. The molecule has 0 saturated carbocycles. The molecule has 1 atom stereocenters. The molecular weight excluding hydrogens is 238 g/mol. The Kier molecular flexibility index (Phi) is 3.76. The normalized spacial score (nSPS) is 23.2. The summed E-state index contributed by atoms with van der Waals surface area (Å²) in [6.45, 7) is 0.498. The van der Waals surface area contributed by atoms with Crippen LogP contribution >= 0.6 is 0 Å². The average Bonchev–Trinajstić information content (AvgIpc) is 2.55. The van der Waals surface area contributed by atoms with Crippen LogP contribution in [-0.2, 0) is 10.0 Å². The summed E-state index contributed by atoms with van der Waals surface area (Å²) in [6, 6.07) is 3.18. The number of hydrogen-bond donors (Lipinski definition) is 1. The van der Waals surface area contributed by atoms with Gasteiger partial charge in [-0.15, -0.1) is 0 Å². The molecule has 1 aliphatic rings. The molecule has 1 aromatic heterocycles. The third-order valence-electron chi connectivity index (χ3n) is 2.99. The van der Waals surface area contributed by atoms with E-state index in [-0.39, 0.29) is 4.90 Å². The van der Waals surface area contributed by atoms with Crippen molar-refractivity contribution in [2.75, 3.05) is 6.54 Å². The van der Waals surface area contributed by atoms with Crippen LogP contribution in [-0.4, -0.2) is 30.4 Å². The molecule has 0 spiro atoms. The first-order valence-electron chi connectivity index (χ1n) is 5.80. The van der Waals surface area contributed by atoms with Gasteiger partial charge in [-0.25, -0.2) is 8.42 Å². The van der Waals surface area contributed by atoms with Crippen LogP contribution < -0.4 is 5.73 Å². The Morgan fingerprint density at radius 3 is 2.88 bits per heavy atom. The third kappa shape index (κ3) is 2.65. The van der Waals surface area contributed by atoms with E-state index in [1.54, 1.807) is 18.3 Å². The summed E-state index contributed by atoms with van der Waals surface area (Å²) in [7, 11) is -3.49. The molecule has 5 nitrogen and oxygen atoms in total. The molecule has 2 rings (SSSR count). The quantitative estimate of drug-likeness (QED) is 0.853. The van der Waals surface area contributed by atoms with Crippen molar-refractivity contribution in [1.29, 1.82) is 0 Å². The molecule has 2 N–H and O–H groups in total. The van der Waals surface area contributed by atoms with Crippen LogP contribution in [0.25, 0.3) is 0 Å². The molecule has 1 fully saturated rings. The molecule has 94 valence electrons. The van der Waals surface area contributed by atoms with Crippen LogP contribution in [0, 0.1) is 0 Å². The Morgan fingerprint density at radius 2 is 2.18 bits per heavy atom. The highest BCUT2D eigenvalue weighted by Gasteiger charge is 2.30. The average molecular weight is 255 g/mol. The molecule has 1 aliphatic heterocycles. The number of nitrogens with zero attached hydrogens (tertiary/aromatic N) is 2. The maximum Gasteiger partial charge on any atom is 0.245 e. The number of nitrogens with two attached hydrogens (primary N) is 1. The van der Waals surface area contributed by atoms with Gasteiger partial charge in [0.15, 0.2) is 0 Å². The number of sulfonamides is 1. The smallest absolute Gasteiger partial charge is 0.245 e. The van der Waals surface area contributed by atoms with E-state index in [1.165, 1.54) is 10.5 Å². The summed E-state index contributed by atoms with van der Waals surface area (Å²) in [4.78, 5) is 4.07. The topological polar surface area (TPSA) is 76.3 Å². The molecule has 17 heavy (non-hydrogen) atoms. The highest BCUT2D eigenvalue weighted by Crippen LogP contribution is 2.21. The molecule has 0 aliphatic carbocycles. The fourth-order valence-electron chi connectivity index (χ4n) is 2.04. The van der Waals surface area contributed by atoms with E-state index in [2.05, 4.69) is 4.98 Å². The SMILES string of the molecule is NC1CCCCCN1S(=O)(=O)c1cccnc1. The van der Waals surface area contributed by atoms with Crippen molar-refractivity contribution in [3.63, 3.8) is 0 Å². The van der Waals surface area contributed by atoms with Gasteiger partial charge >= 0.3 is 0 Å². The summed E-state index contributed by atoms with van der Waals surface area (Å²) in [5.74, 6) is 0. The van der Waals surface area contributed by atoms with Crippen LogP contribution in [0.3, 0.4) is 0 Å². The van der Waals surface area contributed by atoms with Gasteiger partial charge in [0.25, 0.3) is 0 Å². The maximum atomic E-state index is 12.4. The lowest BCUT2D eigenvalue weighted by atomic mass is 10.2. The maximum absolute atomic E-state index is 12.4. The first-order valence-corrected chi connectivity index (χ1v) is 7.24. The standard InChI is InChI=1S/C11H17N3O2S/c12-11-6-2-1-3-8-14(11)17(15,16)10-5-4-7-13-9-10/h4-5,7,9,11H,1-3,6,8,12H2. The van der Waals surface area contributed by atoms with E-state index < -0.39 is 16.2 Å². The van der Waals surface area contributed by atoms with Gasteiger partial charge < -0.3 is 5.73 Å². The summed E-state index contributed by atoms with van der Waals surface area (Å²) in [6.07, 6.45) is 6.12. The minimum absolute atomic E-state index is 0.220. The highest BCUT2D eigenvalue weighted by atomic mass is 32.2. The molecule has 0 radical (unpaired) electrons. The molecule has 2 heterocycles. The Bertz CT molecular complexity index is 461. The van der Waals surface area contributed by atoms with Crippen LogP contribution in [0.5, 0.6) is 0 Å². The Balaban J connectivity index is 2.31. The van der Waals surface area contributed by atoms with E-state index >= 15 is 0 Å². The van der Waals surface area contributed by atoms with Crippen molar-refractivity contribution in [3.05, 3.63) is 24.5 Å².